The third kappa shape index (κ3) is 3.30. The lowest BCUT2D eigenvalue weighted by molar-refractivity contribution is 0.602. The van der Waals surface area contributed by atoms with Gasteiger partial charge in [0.1, 0.15) is 12.1 Å². The maximum Gasteiger partial charge on any atom is 0.175 e. The molecule has 0 radical (unpaired) electrons. The molecular formula is C12H12BrN3O2S. The van der Waals surface area contributed by atoms with Crippen molar-refractivity contribution in [3.8, 4) is 0 Å². The highest BCUT2D eigenvalue weighted by atomic mass is 79.9. The van der Waals surface area contributed by atoms with Crippen molar-refractivity contribution in [3.05, 3.63) is 35.6 Å². The van der Waals surface area contributed by atoms with Gasteiger partial charge in [0.2, 0.25) is 0 Å². The first-order chi connectivity index (χ1) is 8.88. The summed E-state index contributed by atoms with van der Waals surface area (Å²) in [5.74, 6) is 0.580. The fraction of sp³-hybridized carbons (Fsp3) is 0.167. The van der Waals surface area contributed by atoms with E-state index in [4.69, 9.17) is 0 Å². The molecule has 1 N–H and O–H groups in total. The lowest BCUT2D eigenvalue weighted by atomic mass is 10.2. The Labute approximate surface area is 119 Å². The van der Waals surface area contributed by atoms with Crippen LogP contribution < -0.4 is 5.32 Å². The summed E-state index contributed by atoms with van der Waals surface area (Å²) in [5.41, 5.74) is 0.685. The standard InChI is InChI=1S/C12H12BrN3O2S/c1-8(13)6-14-12-10-5-9(19(2,17)18)3-4-11(10)15-7-16-12/h3-5,7H,1,6H2,2H3,(H,14,15,16). The van der Waals surface area contributed by atoms with E-state index in [1.807, 2.05) is 0 Å². The first-order valence-electron chi connectivity index (χ1n) is 5.40. The monoisotopic (exact) mass is 341 g/mol. The summed E-state index contributed by atoms with van der Waals surface area (Å²) in [6.07, 6.45) is 2.60. The highest BCUT2D eigenvalue weighted by Crippen LogP contribution is 2.23. The van der Waals surface area contributed by atoms with Crippen LogP contribution in [0.4, 0.5) is 5.82 Å². The molecule has 0 amide bonds. The van der Waals surface area contributed by atoms with Crippen molar-refractivity contribution in [1.29, 1.82) is 0 Å². The van der Waals surface area contributed by atoms with Crippen LogP contribution in [0.15, 0.2) is 40.5 Å². The largest absolute Gasteiger partial charge is 0.365 e. The lowest BCUT2D eigenvalue weighted by Gasteiger charge is -2.08. The van der Waals surface area contributed by atoms with E-state index in [1.165, 1.54) is 18.6 Å². The number of anilines is 1. The minimum absolute atomic E-state index is 0.246. The van der Waals surface area contributed by atoms with Crippen LogP contribution in [0.5, 0.6) is 0 Å². The van der Waals surface area contributed by atoms with E-state index >= 15 is 0 Å². The minimum Gasteiger partial charge on any atom is -0.365 e. The third-order valence-electron chi connectivity index (χ3n) is 2.48. The number of aromatic nitrogens is 2. The van der Waals surface area contributed by atoms with Gasteiger partial charge in [0.25, 0.3) is 0 Å². The fourth-order valence-corrected chi connectivity index (χ4v) is 2.37. The van der Waals surface area contributed by atoms with Gasteiger partial charge >= 0.3 is 0 Å². The first kappa shape index (κ1) is 14.0. The third-order valence-corrected chi connectivity index (χ3v) is 3.87. The maximum atomic E-state index is 11.6. The Balaban J connectivity index is 2.55. The second-order valence-corrected chi connectivity index (χ2v) is 7.18. The lowest BCUT2D eigenvalue weighted by Crippen LogP contribution is -2.04. The highest BCUT2D eigenvalue weighted by molar-refractivity contribution is 9.11. The molecule has 0 bridgehead atoms. The molecule has 0 saturated heterocycles. The Bertz CT molecular complexity index is 744. The number of nitrogens with one attached hydrogen (secondary N) is 1. The molecule has 0 aliphatic rings. The van der Waals surface area contributed by atoms with Gasteiger partial charge in [-0.1, -0.05) is 22.5 Å². The molecule has 1 heterocycles. The highest BCUT2D eigenvalue weighted by Gasteiger charge is 2.10. The number of benzene rings is 1. The second kappa shape index (κ2) is 5.26. The summed E-state index contributed by atoms with van der Waals surface area (Å²) in [5, 5.41) is 3.74. The van der Waals surface area contributed by atoms with Crippen molar-refractivity contribution >= 4 is 42.5 Å². The number of rotatable bonds is 4. The molecule has 0 aliphatic carbocycles. The number of nitrogens with zero attached hydrogens (tertiary/aromatic N) is 2. The van der Waals surface area contributed by atoms with Crippen molar-refractivity contribution < 1.29 is 8.42 Å². The average Bonchev–Trinajstić information content (AvgIpc) is 2.34. The van der Waals surface area contributed by atoms with E-state index in [0.29, 0.717) is 23.3 Å². The molecular weight excluding hydrogens is 330 g/mol. The summed E-state index contributed by atoms with van der Waals surface area (Å²) in [4.78, 5) is 8.48. The van der Waals surface area contributed by atoms with E-state index < -0.39 is 9.84 Å². The fourth-order valence-electron chi connectivity index (χ4n) is 1.59. The average molecular weight is 342 g/mol. The van der Waals surface area contributed by atoms with Crippen molar-refractivity contribution in [2.75, 3.05) is 18.1 Å². The Morgan fingerprint density at radius 3 is 2.79 bits per heavy atom. The number of halogens is 1. The van der Waals surface area contributed by atoms with Gasteiger partial charge in [-0.2, -0.15) is 0 Å². The van der Waals surface area contributed by atoms with Gasteiger partial charge in [-0.15, -0.1) is 0 Å². The number of fused-ring (bicyclic) bond motifs is 1. The summed E-state index contributed by atoms with van der Waals surface area (Å²) < 4.78 is 23.9. The zero-order chi connectivity index (χ0) is 14.0. The molecule has 1 aromatic carbocycles. The van der Waals surface area contributed by atoms with Crippen LogP contribution in [0.2, 0.25) is 0 Å². The van der Waals surface area contributed by atoms with Crippen LogP contribution in [-0.2, 0) is 9.84 Å². The summed E-state index contributed by atoms with van der Waals surface area (Å²) in [7, 11) is -3.25. The molecule has 0 atom stereocenters. The summed E-state index contributed by atoms with van der Waals surface area (Å²) in [6.45, 7) is 4.22. The Morgan fingerprint density at radius 1 is 1.42 bits per heavy atom. The molecule has 0 saturated carbocycles. The molecule has 5 nitrogen and oxygen atoms in total. The van der Waals surface area contributed by atoms with Gasteiger partial charge in [-0.25, -0.2) is 18.4 Å². The quantitative estimate of drug-likeness (QED) is 0.924. The molecule has 0 fully saturated rings. The molecule has 2 rings (SSSR count). The Kier molecular flexibility index (Phi) is 3.86. The van der Waals surface area contributed by atoms with E-state index in [2.05, 4.69) is 37.8 Å². The zero-order valence-corrected chi connectivity index (χ0v) is 12.6. The molecule has 19 heavy (non-hydrogen) atoms. The van der Waals surface area contributed by atoms with Crippen LogP contribution in [0.25, 0.3) is 10.9 Å². The maximum absolute atomic E-state index is 11.6. The van der Waals surface area contributed by atoms with Gasteiger partial charge in [-0.05, 0) is 18.2 Å². The van der Waals surface area contributed by atoms with Crippen molar-refractivity contribution in [1.82, 2.24) is 9.97 Å². The van der Waals surface area contributed by atoms with E-state index in [-0.39, 0.29) is 4.90 Å². The van der Waals surface area contributed by atoms with Crippen molar-refractivity contribution in [2.24, 2.45) is 0 Å². The summed E-state index contributed by atoms with van der Waals surface area (Å²) in [6, 6.07) is 4.78. The predicted molar refractivity (Wildman–Crippen MR) is 79.2 cm³/mol. The van der Waals surface area contributed by atoms with Crippen LogP contribution in [0.1, 0.15) is 0 Å². The molecule has 100 valence electrons. The van der Waals surface area contributed by atoms with Crippen molar-refractivity contribution in [2.45, 2.75) is 4.90 Å². The molecule has 2 aromatic rings. The van der Waals surface area contributed by atoms with Crippen molar-refractivity contribution in [3.63, 3.8) is 0 Å². The minimum atomic E-state index is -3.25. The van der Waals surface area contributed by atoms with Gasteiger partial charge in [0, 0.05) is 22.7 Å². The molecule has 1 aromatic heterocycles. The SMILES string of the molecule is C=C(Br)CNc1ncnc2ccc(S(C)(=O)=O)cc12. The van der Waals surface area contributed by atoms with Gasteiger partial charge in [-0.3, -0.25) is 0 Å². The van der Waals surface area contributed by atoms with Gasteiger partial charge in [0.05, 0.1) is 10.4 Å². The molecule has 0 unspecified atom stereocenters. The van der Waals surface area contributed by atoms with E-state index in [1.54, 1.807) is 12.1 Å². The molecule has 7 heteroatoms. The van der Waals surface area contributed by atoms with E-state index in [0.717, 1.165) is 4.48 Å². The molecule has 0 spiro atoms. The van der Waals surface area contributed by atoms with Crippen LogP contribution >= 0.6 is 15.9 Å². The van der Waals surface area contributed by atoms with E-state index in [9.17, 15) is 8.42 Å². The Morgan fingerprint density at radius 2 is 2.16 bits per heavy atom. The topological polar surface area (TPSA) is 72.0 Å². The molecule has 0 aliphatic heterocycles. The van der Waals surface area contributed by atoms with Gasteiger partial charge in [0.15, 0.2) is 9.84 Å². The Hall–Kier alpha value is -1.47. The normalized spacial score (nSPS) is 11.5. The first-order valence-corrected chi connectivity index (χ1v) is 8.08. The zero-order valence-electron chi connectivity index (χ0n) is 10.2. The number of sulfone groups is 1. The number of hydrogen-bond donors (Lipinski definition) is 1. The smallest absolute Gasteiger partial charge is 0.175 e. The van der Waals surface area contributed by atoms with Gasteiger partial charge < -0.3 is 5.32 Å². The number of hydrogen-bond acceptors (Lipinski definition) is 5. The van der Waals surface area contributed by atoms with Crippen LogP contribution in [-0.4, -0.2) is 31.2 Å². The van der Waals surface area contributed by atoms with Crippen LogP contribution in [0.3, 0.4) is 0 Å². The summed E-state index contributed by atoms with van der Waals surface area (Å²) >= 11 is 3.25. The second-order valence-electron chi connectivity index (χ2n) is 4.04. The predicted octanol–water partition coefficient (Wildman–Crippen LogP) is 2.35. The van der Waals surface area contributed by atoms with Crippen LogP contribution in [0, 0.1) is 0 Å².